The zero-order valence-electron chi connectivity index (χ0n) is 10.1. The van der Waals surface area contributed by atoms with Crippen molar-refractivity contribution in [1.82, 2.24) is 15.0 Å². The van der Waals surface area contributed by atoms with Crippen molar-refractivity contribution >= 4 is 21.9 Å². The van der Waals surface area contributed by atoms with Gasteiger partial charge in [0, 0.05) is 18.9 Å². The standard InChI is InChI=1S/C12H13BrN4O/c1-8-5-14-4-3-9(8)6-15-12-16-7-10(13)11(17-12)18-2/h3-5,7H,6H2,1-2H3,(H,15,16,17). The number of halogens is 1. The van der Waals surface area contributed by atoms with E-state index < -0.39 is 0 Å². The van der Waals surface area contributed by atoms with Crippen molar-refractivity contribution in [3.63, 3.8) is 0 Å². The van der Waals surface area contributed by atoms with Crippen LogP contribution in [0.2, 0.25) is 0 Å². The molecular weight excluding hydrogens is 296 g/mol. The highest BCUT2D eigenvalue weighted by Gasteiger charge is 2.05. The van der Waals surface area contributed by atoms with Gasteiger partial charge in [0.05, 0.1) is 17.8 Å². The minimum atomic E-state index is 0.513. The second-order valence-corrected chi connectivity index (χ2v) is 4.56. The topological polar surface area (TPSA) is 59.9 Å². The van der Waals surface area contributed by atoms with Crippen LogP contribution < -0.4 is 10.1 Å². The van der Waals surface area contributed by atoms with Gasteiger partial charge in [-0.25, -0.2) is 4.98 Å². The second-order valence-electron chi connectivity index (χ2n) is 3.71. The molecule has 0 aromatic carbocycles. The fourth-order valence-corrected chi connectivity index (χ4v) is 1.81. The van der Waals surface area contributed by atoms with E-state index in [2.05, 4.69) is 36.2 Å². The summed E-state index contributed by atoms with van der Waals surface area (Å²) in [5.41, 5.74) is 2.30. The van der Waals surface area contributed by atoms with E-state index in [0.29, 0.717) is 18.4 Å². The van der Waals surface area contributed by atoms with Gasteiger partial charge in [-0.05, 0) is 40.0 Å². The van der Waals surface area contributed by atoms with Gasteiger partial charge in [-0.15, -0.1) is 0 Å². The van der Waals surface area contributed by atoms with Crippen LogP contribution in [-0.2, 0) is 6.54 Å². The lowest BCUT2D eigenvalue weighted by molar-refractivity contribution is 0.394. The highest BCUT2D eigenvalue weighted by atomic mass is 79.9. The largest absolute Gasteiger partial charge is 0.480 e. The first-order chi connectivity index (χ1) is 8.70. The van der Waals surface area contributed by atoms with Gasteiger partial charge in [-0.2, -0.15) is 4.98 Å². The monoisotopic (exact) mass is 308 g/mol. The van der Waals surface area contributed by atoms with Gasteiger partial charge in [-0.1, -0.05) is 0 Å². The van der Waals surface area contributed by atoms with E-state index >= 15 is 0 Å². The van der Waals surface area contributed by atoms with Crippen LogP contribution in [-0.4, -0.2) is 22.1 Å². The highest BCUT2D eigenvalue weighted by Crippen LogP contribution is 2.22. The van der Waals surface area contributed by atoms with Crippen molar-refractivity contribution in [1.29, 1.82) is 0 Å². The molecule has 0 atom stereocenters. The predicted octanol–water partition coefficient (Wildman–Crippen LogP) is 2.56. The smallest absolute Gasteiger partial charge is 0.232 e. The Labute approximate surface area is 114 Å². The number of aromatic nitrogens is 3. The van der Waals surface area contributed by atoms with Crippen molar-refractivity contribution in [3.05, 3.63) is 40.3 Å². The summed E-state index contributed by atoms with van der Waals surface area (Å²) in [7, 11) is 1.57. The molecule has 0 unspecified atom stereocenters. The Morgan fingerprint density at radius 3 is 2.94 bits per heavy atom. The Morgan fingerprint density at radius 1 is 1.39 bits per heavy atom. The van der Waals surface area contributed by atoms with Crippen molar-refractivity contribution in [2.45, 2.75) is 13.5 Å². The molecule has 5 nitrogen and oxygen atoms in total. The summed E-state index contributed by atoms with van der Waals surface area (Å²) in [4.78, 5) is 12.4. The van der Waals surface area contributed by atoms with Gasteiger partial charge in [0.15, 0.2) is 0 Å². The summed E-state index contributed by atoms with van der Waals surface area (Å²) in [5, 5.41) is 3.15. The van der Waals surface area contributed by atoms with Gasteiger partial charge in [-0.3, -0.25) is 4.98 Å². The molecule has 0 fully saturated rings. The summed E-state index contributed by atoms with van der Waals surface area (Å²) in [5.74, 6) is 1.05. The van der Waals surface area contributed by atoms with E-state index in [-0.39, 0.29) is 0 Å². The van der Waals surface area contributed by atoms with Crippen LogP contribution in [0.4, 0.5) is 5.95 Å². The van der Waals surface area contributed by atoms with Crippen LogP contribution >= 0.6 is 15.9 Å². The molecule has 0 aliphatic heterocycles. The number of rotatable bonds is 4. The van der Waals surface area contributed by atoms with E-state index in [1.165, 1.54) is 0 Å². The number of pyridine rings is 1. The first-order valence-corrected chi connectivity index (χ1v) is 6.20. The molecule has 0 aliphatic carbocycles. The normalized spacial score (nSPS) is 10.2. The number of hydrogen-bond acceptors (Lipinski definition) is 5. The molecule has 0 amide bonds. The minimum absolute atomic E-state index is 0.513. The first-order valence-electron chi connectivity index (χ1n) is 5.40. The summed E-state index contributed by atoms with van der Waals surface area (Å²) in [6.45, 7) is 2.67. The lowest BCUT2D eigenvalue weighted by atomic mass is 10.1. The lowest BCUT2D eigenvalue weighted by Gasteiger charge is -2.08. The third kappa shape index (κ3) is 2.95. The van der Waals surface area contributed by atoms with Crippen LogP contribution in [0.1, 0.15) is 11.1 Å². The van der Waals surface area contributed by atoms with E-state index in [9.17, 15) is 0 Å². The fraction of sp³-hybridized carbons (Fsp3) is 0.250. The average molecular weight is 309 g/mol. The molecule has 0 saturated heterocycles. The Bertz CT molecular complexity index is 547. The Kier molecular flexibility index (Phi) is 4.09. The Morgan fingerprint density at radius 2 is 2.22 bits per heavy atom. The zero-order valence-corrected chi connectivity index (χ0v) is 11.7. The summed E-state index contributed by atoms with van der Waals surface area (Å²) >= 11 is 3.31. The molecule has 0 spiro atoms. The van der Waals surface area contributed by atoms with Crippen LogP contribution in [0, 0.1) is 6.92 Å². The highest BCUT2D eigenvalue weighted by molar-refractivity contribution is 9.10. The Balaban J connectivity index is 2.09. The van der Waals surface area contributed by atoms with E-state index in [1.807, 2.05) is 19.2 Å². The van der Waals surface area contributed by atoms with Crippen molar-refractivity contribution in [2.75, 3.05) is 12.4 Å². The van der Waals surface area contributed by atoms with Crippen LogP contribution in [0.5, 0.6) is 5.88 Å². The molecule has 2 aromatic rings. The molecule has 18 heavy (non-hydrogen) atoms. The number of ether oxygens (including phenoxy) is 1. The van der Waals surface area contributed by atoms with Gasteiger partial charge >= 0.3 is 0 Å². The lowest BCUT2D eigenvalue weighted by Crippen LogP contribution is -2.05. The predicted molar refractivity (Wildman–Crippen MR) is 72.6 cm³/mol. The maximum Gasteiger partial charge on any atom is 0.232 e. The molecule has 94 valence electrons. The third-order valence-corrected chi connectivity index (χ3v) is 3.02. The molecule has 2 heterocycles. The Hall–Kier alpha value is -1.69. The molecule has 2 rings (SSSR count). The fourth-order valence-electron chi connectivity index (χ4n) is 1.45. The van der Waals surface area contributed by atoms with Crippen molar-refractivity contribution in [2.24, 2.45) is 0 Å². The molecule has 0 aliphatic rings. The van der Waals surface area contributed by atoms with Crippen LogP contribution in [0.15, 0.2) is 29.1 Å². The van der Waals surface area contributed by atoms with Gasteiger partial charge in [0.25, 0.3) is 0 Å². The quantitative estimate of drug-likeness (QED) is 0.940. The van der Waals surface area contributed by atoms with E-state index in [4.69, 9.17) is 4.74 Å². The van der Waals surface area contributed by atoms with E-state index in [1.54, 1.807) is 19.5 Å². The maximum atomic E-state index is 5.11. The van der Waals surface area contributed by atoms with Crippen LogP contribution in [0.3, 0.4) is 0 Å². The number of anilines is 1. The number of nitrogens with one attached hydrogen (secondary N) is 1. The number of aryl methyl sites for hydroxylation is 1. The number of methoxy groups -OCH3 is 1. The van der Waals surface area contributed by atoms with Crippen LogP contribution in [0.25, 0.3) is 0 Å². The molecule has 6 heteroatoms. The summed E-state index contributed by atoms with van der Waals surface area (Å²) < 4.78 is 5.85. The SMILES string of the molecule is COc1nc(NCc2ccncc2C)ncc1Br. The van der Waals surface area contributed by atoms with Gasteiger partial charge in [0.1, 0.15) is 0 Å². The molecule has 1 N–H and O–H groups in total. The van der Waals surface area contributed by atoms with Crippen molar-refractivity contribution < 1.29 is 4.74 Å². The van der Waals surface area contributed by atoms with Crippen molar-refractivity contribution in [3.8, 4) is 5.88 Å². The number of nitrogens with zero attached hydrogens (tertiary/aromatic N) is 3. The number of hydrogen-bond donors (Lipinski definition) is 1. The second kappa shape index (κ2) is 5.77. The van der Waals surface area contributed by atoms with Gasteiger partial charge < -0.3 is 10.1 Å². The summed E-state index contributed by atoms with van der Waals surface area (Å²) in [6.07, 6.45) is 5.26. The molecular formula is C12H13BrN4O. The van der Waals surface area contributed by atoms with Gasteiger partial charge in [0.2, 0.25) is 11.8 Å². The first kappa shape index (κ1) is 12.8. The molecule has 0 bridgehead atoms. The minimum Gasteiger partial charge on any atom is -0.480 e. The maximum absolute atomic E-state index is 5.11. The average Bonchev–Trinajstić information content (AvgIpc) is 2.39. The molecule has 2 aromatic heterocycles. The zero-order chi connectivity index (χ0) is 13.0. The molecule has 0 saturated carbocycles. The van der Waals surface area contributed by atoms with E-state index in [0.717, 1.165) is 15.6 Å². The summed E-state index contributed by atoms with van der Waals surface area (Å²) in [6, 6.07) is 1.97. The molecule has 0 radical (unpaired) electrons. The third-order valence-electron chi connectivity index (χ3n) is 2.48.